The predicted octanol–water partition coefficient (Wildman–Crippen LogP) is 4.19. The van der Waals surface area contributed by atoms with Crippen molar-refractivity contribution < 1.29 is 14.3 Å². The minimum atomic E-state index is -0.488. The minimum absolute atomic E-state index is 0.0139. The molecule has 1 N–H and O–H groups in total. The molecule has 0 unspecified atom stereocenters. The first-order valence-electron chi connectivity index (χ1n) is 8.18. The number of unbranched alkanes of at least 4 members (excludes halogenated alkanes) is 1. The fourth-order valence-corrected chi connectivity index (χ4v) is 2.45. The third-order valence-electron chi connectivity index (χ3n) is 3.85. The van der Waals surface area contributed by atoms with E-state index in [1.54, 1.807) is 12.3 Å². The van der Waals surface area contributed by atoms with Crippen LogP contribution in [0.5, 0.6) is 0 Å². The first-order valence-corrected chi connectivity index (χ1v) is 8.18. The summed E-state index contributed by atoms with van der Waals surface area (Å²) in [4.78, 5) is 27.4. The standard InChI is InChI=1S/C20H23NO3/c1-3-4-6-15-8-10-16(11-9-15)19(22)14-17(20(23)24-2)13-18-7-5-12-21-18/h5,7-13,21H,3-4,6,14H2,1-2H3. The number of aryl methyl sites for hydroxylation is 1. The smallest absolute Gasteiger partial charge is 0.334 e. The summed E-state index contributed by atoms with van der Waals surface area (Å²) in [6.45, 7) is 2.16. The topological polar surface area (TPSA) is 59.2 Å². The van der Waals surface area contributed by atoms with E-state index < -0.39 is 5.97 Å². The van der Waals surface area contributed by atoms with Crippen LogP contribution in [0.15, 0.2) is 48.2 Å². The molecule has 0 atom stereocenters. The highest BCUT2D eigenvalue weighted by Crippen LogP contribution is 2.16. The van der Waals surface area contributed by atoms with E-state index in [2.05, 4.69) is 11.9 Å². The van der Waals surface area contributed by atoms with Gasteiger partial charge in [-0.1, -0.05) is 37.6 Å². The Morgan fingerprint density at radius 3 is 2.50 bits per heavy atom. The van der Waals surface area contributed by atoms with Crippen molar-refractivity contribution >= 4 is 17.8 Å². The van der Waals surface area contributed by atoms with Gasteiger partial charge in [0.2, 0.25) is 0 Å². The lowest BCUT2D eigenvalue weighted by atomic mass is 10.00. The lowest BCUT2D eigenvalue weighted by Gasteiger charge is -2.06. The number of carbonyl (C=O) groups excluding carboxylic acids is 2. The normalized spacial score (nSPS) is 11.3. The van der Waals surface area contributed by atoms with Crippen molar-refractivity contribution in [2.75, 3.05) is 7.11 Å². The van der Waals surface area contributed by atoms with Crippen LogP contribution in [0.4, 0.5) is 0 Å². The van der Waals surface area contributed by atoms with Gasteiger partial charge in [0, 0.05) is 29.4 Å². The molecule has 1 aromatic heterocycles. The first kappa shape index (κ1) is 17.7. The molecule has 0 aliphatic carbocycles. The average Bonchev–Trinajstić information content (AvgIpc) is 3.12. The fourth-order valence-electron chi connectivity index (χ4n) is 2.45. The molecule has 126 valence electrons. The Morgan fingerprint density at radius 1 is 1.17 bits per heavy atom. The molecule has 24 heavy (non-hydrogen) atoms. The van der Waals surface area contributed by atoms with Crippen LogP contribution in [0, 0.1) is 0 Å². The molecule has 0 amide bonds. The Kier molecular flexibility index (Phi) is 6.55. The number of aromatic amines is 1. The molecule has 4 heteroatoms. The number of H-pyrrole nitrogens is 1. The summed E-state index contributed by atoms with van der Waals surface area (Å²) >= 11 is 0. The Morgan fingerprint density at radius 2 is 1.92 bits per heavy atom. The van der Waals surface area contributed by atoms with Crippen LogP contribution >= 0.6 is 0 Å². The van der Waals surface area contributed by atoms with Gasteiger partial charge in [-0.05, 0) is 36.6 Å². The second-order valence-electron chi connectivity index (χ2n) is 5.69. The van der Waals surface area contributed by atoms with Gasteiger partial charge in [0.05, 0.1) is 7.11 Å². The van der Waals surface area contributed by atoms with Crippen molar-refractivity contribution in [2.45, 2.75) is 32.6 Å². The van der Waals surface area contributed by atoms with E-state index in [0.29, 0.717) is 11.1 Å². The number of nitrogens with one attached hydrogen (secondary N) is 1. The number of Topliss-reactive ketones (excluding diaryl/α,β-unsaturated/α-hetero) is 1. The molecule has 0 radical (unpaired) electrons. The third-order valence-corrected chi connectivity index (χ3v) is 3.85. The van der Waals surface area contributed by atoms with E-state index >= 15 is 0 Å². The molecule has 0 fully saturated rings. The van der Waals surface area contributed by atoms with Gasteiger partial charge >= 0.3 is 5.97 Å². The molecular weight excluding hydrogens is 302 g/mol. The third kappa shape index (κ3) is 4.95. The Bertz CT molecular complexity index is 697. The van der Waals surface area contributed by atoms with Crippen LogP contribution in [-0.4, -0.2) is 23.8 Å². The zero-order valence-corrected chi connectivity index (χ0v) is 14.2. The fraction of sp³-hybridized carbons (Fsp3) is 0.300. The second kappa shape index (κ2) is 8.87. The molecule has 0 saturated carbocycles. The van der Waals surface area contributed by atoms with Crippen LogP contribution < -0.4 is 0 Å². The number of hydrogen-bond acceptors (Lipinski definition) is 3. The first-order chi connectivity index (χ1) is 11.6. The van der Waals surface area contributed by atoms with E-state index in [4.69, 9.17) is 4.74 Å². The molecule has 0 saturated heterocycles. The molecule has 0 aliphatic heterocycles. The number of rotatable bonds is 8. The molecule has 1 heterocycles. The summed E-state index contributed by atoms with van der Waals surface area (Å²) in [5.41, 5.74) is 2.93. The molecular formula is C20H23NO3. The molecule has 0 bridgehead atoms. The number of ether oxygens (including phenoxy) is 1. The lowest BCUT2D eigenvalue weighted by molar-refractivity contribution is -0.136. The Hall–Kier alpha value is -2.62. The minimum Gasteiger partial charge on any atom is -0.466 e. The summed E-state index contributed by atoms with van der Waals surface area (Å²) in [5.74, 6) is -0.585. The van der Waals surface area contributed by atoms with E-state index in [1.165, 1.54) is 12.7 Å². The van der Waals surface area contributed by atoms with Crippen LogP contribution in [0.1, 0.15) is 47.8 Å². The number of hydrogen-bond donors (Lipinski definition) is 1. The molecule has 1 aromatic carbocycles. The van der Waals surface area contributed by atoms with Gasteiger partial charge in [0.15, 0.2) is 5.78 Å². The highest BCUT2D eigenvalue weighted by atomic mass is 16.5. The van der Waals surface area contributed by atoms with Gasteiger partial charge in [-0.15, -0.1) is 0 Å². The zero-order valence-electron chi connectivity index (χ0n) is 14.2. The van der Waals surface area contributed by atoms with E-state index in [1.807, 2.05) is 36.4 Å². The van der Waals surface area contributed by atoms with E-state index in [9.17, 15) is 9.59 Å². The SMILES string of the molecule is CCCCc1ccc(C(=O)CC(=Cc2ccc[nH]2)C(=O)OC)cc1. The molecule has 4 nitrogen and oxygen atoms in total. The van der Waals surface area contributed by atoms with Crippen molar-refractivity contribution in [3.8, 4) is 0 Å². The van der Waals surface area contributed by atoms with E-state index in [-0.39, 0.29) is 12.2 Å². The zero-order chi connectivity index (χ0) is 17.4. The maximum atomic E-state index is 12.5. The van der Waals surface area contributed by atoms with Crippen LogP contribution in [0.25, 0.3) is 6.08 Å². The number of esters is 1. The largest absolute Gasteiger partial charge is 0.466 e. The van der Waals surface area contributed by atoms with E-state index in [0.717, 1.165) is 25.0 Å². The maximum Gasteiger partial charge on any atom is 0.334 e. The molecule has 0 spiro atoms. The highest BCUT2D eigenvalue weighted by molar-refractivity contribution is 6.05. The van der Waals surface area contributed by atoms with Crippen LogP contribution in [0.2, 0.25) is 0 Å². The Labute approximate surface area is 142 Å². The summed E-state index contributed by atoms with van der Waals surface area (Å²) < 4.78 is 4.79. The van der Waals surface area contributed by atoms with Crippen LogP contribution in [0.3, 0.4) is 0 Å². The van der Waals surface area contributed by atoms with Gasteiger partial charge < -0.3 is 9.72 Å². The van der Waals surface area contributed by atoms with Gasteiger partial charge in [-0.2, -0.15) is 0 Å². The Balaban J connectivity index is 2.11. The van der Waals surface area contributed by atoms with Crippen molar-refractivity contribution in [1.29, 1.82) is 0 Å². The summed E-state index contributed by atoms with van der Waals surface area (Å²) in [5, 5.41) is 0. The van der Waals surface area contributed by atoms with Crippen molar-refractivity contribution in [1.82, 2.24) is 4.98 Å². The van der Waals surface area contributed by atoms with Crippen molar-refractivity contribution in [3.63, 3.8) is 0 Å². The lowest BCUT2D eigenvalue weighted by Crippen LogP contribution is -2.10. The number of methoxy groups -OCH3 is 1. The number of benzene rings is 1. The molecule has 0 aliphatic rings. The van der Waals surface area contributed by atoms with Crippen molar-refractivity contribution in [3.05, 3.63) is 65.0 Å². The quantitative estimate of drug-likeness (QED) is 0.450. The van der Waals surface area contributed by atoms with Gasteiger partial charge in [0.25, 0.3) is 0 Å². The number of aromatic nitrogens is 1. The average molecular weight is 325 g/mol. The monoisotopic (exact) mass is 325 g/mol. The van der Waals surface area contributed by atoms with Gasteiger partial charge in [-0.25, -0.2) is 4.79 Å². The second-order valence-corrected chi connectivity index (χ2v) is 5.69. The van der Waals surface area contributed by atoms with Crippen molar-refractivity contribution in [2.24, 2.45) is 0 Å². The van der Waals surface area contributed by atoms with Gasteiger partial charge in [0.1, 0.15) is 0 Å². The predicted molar refractivity (Wildman–Crippen MR) is 94.8 cm³/mol. The summed E-state index contributed by atoms with van der Waals surface area (Å²) in [6, 6.07) is 11.3. The molecule has 2 aromatic rings. The summed E-state index contributed by atoms with van der Waals surface area (Å²) in [6.07, 6.45) is 6.73. The summed E-state index contributed by atoms with van der Waals surface area (Å²) in [7, 11) is 1.32. The highest BCUT2D eigenvalue weighted by Gasteiger charge is 2.16. The van der Waals surface area contributed by atoms with Crippen LogP contribution in [-0.2, 0) is 16.0 Å². The maximum absolute atomic E-state index is 12.5. The molecule has 2 rings (SSSR count). The van der Waals surface area contributed by atoms with Gasteiger partial charge in [-0.3, -0.25) is 4.79 Å². The number of carbonyl (C=O) groups is 2. The number of ketones is 1.